The second kappa shape index (κ2) is 4.36. The first-order chi connectivity index (χ1) is 6.63. The smallest absolute Gasteiger partial charge is 0.504 e. The van der Waals surface area contributed by atoms with Crippen LogP contribution in [0.3, 0.4) is 0 Å². The zero-order chi connectivity index (χ0) is 10.6. The molecule has 0 atom stereocenters. The first kappa shape index (κ1) is 10.2. The highest BCUT2D eigenvalue weighted by Crippen LogP contribution is 2.26. The Balaban J connectivity index is 2.74. The predicted octanol–water partition coefficient (Wildman–Crippen LogP) is 1.60. The Kier molecular flexibility index (Phi) is 3.17. The maximum Gasteiger partial charge on any atom is 0.506 e. The van der Waals surface area contributed by atoms with Crippen molar-refractivity contribution in [3.63, 3.8) is 0 Å². The number of aromatic hydroxyl groups is 1. The van der Waals surface area contributed by atoms with Crippen molar-refractivity contribution in [2.75, 3.05) is 7.11 Å². The third-order valence-corrected chi connectivity index (χ3v) is 1.61. The van der Waals surface area contributed by atoms with Gasteiger partial charge in [0.25, 0.3) is 0 Å². The van der Waals surface area contributed by atoms with Crippen molar-refractivity contribution in [3.05, 3.63) is 23.8 Å². The van der Waals surface area contributed by atoms with Crippen molar-refractivity contribution in [2.45, 2.75) is 6.61 Å². The molecule has 14 heavy (non-hydrogen) atoms. The molecule has 76 valence electrons. The molecule has 2 N–H and O–H groups in total. The maximum atomic E-state index is 10.1. The maximum absolute atomic E-state index is 10.1. The van der Waals surface area contributed by atoms with Crippen LogP contribution in [-0.2, 0) is 11.3 Å². The number of ether oxygens (including phenoxy) is 2. The molecule has 5 nitrogen and oxygen atoms in total. The van der Waals surface area contributed by atoms with Crippen LogP contribution in [0.1, 0.15) is 5.56 Å². The van der Waals surface area contributed by atoms with Gasteiger partial charge in [-0.2, -0.15) is 0 Å². The topological polar surface area (TPSA) is 76.0 Å². The molecule has 0 spiro atoms. The van der Waals surface area contributed by atoms with Crippen LogP contribution in [0.2, 0.25) is 0 Å². The second-order valence-corrected chi connectivity index (χ2v) is 2.56. The molecule has 0 saturated carbocycles. The normalized spacial score (nSPS) is 9.50. The van der Waals surface area contributed by atoms with Gasteiger partial charge in [-0.1, -0.05) is 6.07 Å². The molecule has 0 saturated heterocycles. The van der Waals surface area contributed by atoms with Crippen molar-refractivity contribution >= 4 is 6.16 Å². The van der Waals surface area contributed by atoms with E-state index in [1.54, 1.807) is 6.07 Å². The van der Waals surface area contributed by atoms with Gasteiger partial charge in [-0.3, -0.25) is 0 Å². The third-order valence-electron chi connectivity index (χ3n) is 1.61. The van der Waals surface area contributed by atoms with Crippen molar-refractivity contribution in [1.82, 2.24) is 0 Å². The van der Waals surface area contributed by atoms with Crippen LogP contribution in [0.25, 0.3) is 0 Å². The van der Waals surface area contributed by atoms with Crippen molar-refractivity contribution < 1.29 is 24.5 Å². The zero-order valence-electron chi connectivity index (χ0n) is 7.56. The summed E-state index contributed by atoms with van der Waals surface area (Å²) in [4.78, 5) is 10.1. The van der Waals surface area contributed by atoms with Gasteiger partial charge in [-0.15, -0.1) is 0 Å². The SMILES string of the molecule is COc1cc(COC(=O)O)ccc1O. The summed E-state index contributed by atoms with van der Waals surface area (Å²) < 4.78 is 9.19. The summed E-state index contributed by atoms with van der Waals surface area (Å²) in [5.74, 6) is 0.295. The molecule has 0 unspecified atom stereocenters. The molecule has 1 rings (SSSR count). The van der Waals surface area contributed by atoms with Gasteiger partial charge in [0.05, 0.1) is 7.11 Å². The summed E-state index contributed by atoms with van der Waals surface area (Å²) in [6.45, 7) is -0.0635. The second-order valence-electron chi connectivity index (χ2n) is 2.56. The number of methoxy groups -OCH3 is 1. The Labute approximate surface area is 80.5 Å². The summed E-state index contributed by atoms with van der Waals surface area (Å²) in [7, 11) is 1.41. The van der Waals surface area contributed by atoms with E-state index in [4.69, 9.17) is 9.84 Å². The lowest BCUT2D eigenvalue weighted by Gasteiger charge is -2.05. The molecule has 5 heteroatoms. The van der Waals surface area contributed by atoms with E-state index >= 15 is 0 Å². The molecule has 0 heterocycles. The van der Waals surface area contributed by atoms with Crippen molar-refractivity contribution in [3.8, 4) is 11.5 Å². The summed E-state index contributed by atoms with van der Waals surface area (Å²) in [6.07, 6.45) is -1.34. The van der Waals surface area contributed by atoms with Gasteiger partial charge < -0.3 is 19.7 Å². The fraction of sp³-hybridized carbons (Fsp3) is 0.222. The molecule has 0 amide bonds. The van der Waals surface area contributed by atoms with Gasteiger partial charge in [0.15, 0.2) is 11.5 Å². The van der Waals surface area contributed by atoms with Gasteiger partial charge in [0.2, 0.25) is 0 Å². The van der Waals surface area contributed by atoms with Crippen LogP contribution in [0.5, 0.6) is 11.5 Å². The largest absolute Gasteiger partial charge is 0.506 e. The predicted molar refractivity (Wildman–Crippen MR) is 47.5 cm³/mol. The van der Waals surface area contributed by atoms with Crippen molar-refractivity contribution in [1.29, 1.82) is 0 Å². The van der Waals surface area contributed by atoms with Crippen LogP contribution in [-0.4, -0.2) is 23.5 Å². The third kappa shape index (κ3) is 2.55. The Morgan fingerprint density at radius 2 is 2.21 bits per heavy atom. The average molecular weight is 198 g/mol. The summed E-state index contributed by atoms with van der Waals surface area (Å²) >= 11 is 0. The average Bonchev–Trinajstić information content (AvgIpc) is 2.16. The molecular formula is C9H10O5. The Bertz CT molecular complexity index is 334. The Hall–Kier alpha value is -1.91. The lowest BCUT2D eigenvalue weighted by atomic mass is 10.2. The Morgan fingerprint density at radius 1 is 1.50 bits per heavy atom. The fourth-order valence-corrected chi connectivity index (χ4v) is 0.957. The van der Waals surface area contributed by atoms with Crippen LogP contribution in [0, 0.1) is 0 Å². The summed E-state index contributed by atoms with van der Waals surface area (Å²) in [5, 5.41) is 17.5. The van der Waals surface area contributed by atoms with E-state index in [2.05, 4.69) is 4.74 Å². The first-order valence-electron chi connectivity index (χ1n) is 3.85. The van der Waals surface area contributed by atoms with Crippen LogP contribution < -0.4 is 4.74 Å². The molecule has 1 aromatic rings. The minimum atomic E-state index is -1.34. The number of hydrogen-bond donors (Lipinski definition) is 2. The highest BCUT2D eigenvalue weighted by Gasteiger charge is 2.04. The number of phenolic OH excluding ortho intramolecular Hbond substituents is 1. The lowest BCUT2D eigenvalue weighted by molar-refractivity contribution is 0.0853. The van der Waals surface area contributed by atoms with Crippen molar-refractivity contribution in [2.24, 2.45) is 0 Å². The highest BCUT2D eigenvalue weighted by atomic mass is 16.7. The van der Waals surface area contributed by atoms with E-state index in [0.717, 1.165) is 0 Å². The molecule has 0 aromatic heterocycles. The summed E-state index contributed by atoms with van der Waals surface area (Å²) in [6, 6.07) is 4.48. The molecule has 0 fully saturated rings. The fourth-order valence-electron chi connectivity index (χ4n) is 0.957. The highest BCUT2D eigenvalue weighted by molar-refractivity contribution is 5.57. The summed E-state index contributed by atoms with van der Waals surface area (Å²) in [5.41, 5.74) is 0.613. The minimum absolute atomic E-state index is 0.00609. The zero-order valence-corrected chi connectivity index (χ0v) is 7.56. The monoisotopic (exact) mass is 198 g/mol. The molecule has 0 aliphatic carbocycles. The molecule has 0 bridgehead atoms. The van der Waals surface area contributed by atoms with Gasteiger partial charge in [0, 0.05) is 0 Å². The number of hydrogen-bond acceptors (Lipinski definition) is 4. The molecule has 0 aliphatic rings. The molecule has 1 aromatic carbocycles. The van der Waals surface area contributed by atoms with E-state index in [-0.39, 0.29) is 18.1 Å². The van der Waals surface area contributed by atoms with Crippen LogP contribution in [0.4, 0.5) is 4.79 Å². The number of rotatable bonds is 3. The number of benzene rings is 1. The number of carboxylic acid groups (broad SMARTS) is 1. The Morgan fingerprint density at radius 3 is 2.79 bits per heavy atom. The molecule has 0 aliphatic heterocycles. The van der Waals surface area contributed by atoms with E-state index in [0.29, 0.717) is 5.56 Å². The minimum Gasteiger partial charge on any atom is -0.504 e. The van der Waals surface area contributed by atoms with Crippen LogP contribution >= 0.6 is 0 Å². The van der Waals surface area contributed by atoms with E-state index in [1.807, 2.05) is 0 Å². The quantitative estimate of drug-likeness (QED) is 0.721. The van der Waals surface area contributed by atoms with E-state index in [9.17, 15) is 9.90 Å². The van der Waals surface area contributed by atoms with Crippen LogP contribution in [0.15, 0.2) is 18.2 Å². The standard InChI is InChI=1S/C9H10O5/c1-13-8-4-6(2-3-7(8)10)5-14-9(11)12/h2-4,10H,5H2,1H3,(H,11,12). The molecule has 0 radical (unpaired) electrons. The van der Waals surface area contributed by atoms with E-state index < -0.39 is 6.16 Å². The first-order valence-corrected chi connectivity index (χ1v) is 3.85. The lowest BCUT2D eigenvalue weighted by Crippen LogP contribution is -2.00. The number of carbonyl (C=O) groups is 1. The number of phenols is 1. The molecular weight excluding hydrogens is 188 g/mol. The van der Waals surface area contributed by atoms with Gasteiger partial charge in [-0.05, 0) is 17.7 Å². The van der Waals surface area contributed by atoms with Gasteiger partial charge >= 0.3 is 6.16 Å². The van der Waals surface area contributed by atoms with Gasteiger partial charge in [0.1, 0.15) is 6.61 Å². The van der Waals surface area contributed by atoms with E-state index in [1.165, 1.54) is 19.2 Å². The van der Waals surface area contributed by atoms with Gasteiger partial charge in [-0.25, -0.2) is 4.79 Å².